The molecule has 0 bridgehead atoms. The largest absolute Gasteiger partial charge is 0.256 e. The Morgan fingerprint density at radius 2 is 0.795 bits per heavy atom. The smallest absolute Gasteiger partial charge is 0.234 e. The Bertz CT molecular complexity index is 605. The van der Waals surface area contributed by atoms with Crippen LogP contribution in [0.4, 0.5) is 0 Å². The van der Waals surface area contributed by atoms with Gasteiger partial charge in [-0.15, -0.1) is 0 Å². The Morgan fingerprint density at radius 3 is 1.23 bits per heavy atom. The van der Waals surface area contributed by atoms with E-state index in [4.69, 9.17) is 0 Å². The number of unbranched alkanes of at least 4 members (excludes halogenated alkanes) is 25. The maximum absolute atomic E-state index is 2.62. The summed E-state index contributed by atoms with van der Waals surface area (Å²) in [4.78, 5) is 0. The molecule has 1 aromatic heterocycles. The average Bonchev–Trinajstić information content (AvgIpc) is 3.33. The second-order valence-corrected chi connectivity index (χ2v) is 12.7. The highest BCUT2D eigenvalue weighted by Crippen LogP contribution is 2.15. The molecule has 0 aliphatic heterocycles. The molecule has 1 aromatic rings. The summed E-state index contributed by atoms with van der Waals surface area (Å²) in [5, 5.41) is 0. The summed E-state index contributed by atoms with van der Waals surface area (Å²) in [5.74, 6) is 1.61. The van der Waals surface area contributed by atoms with E-state index in [0.717, 1.165) is 0 Å². The number of aryl methyl sites for hydroxylation is 2. The van der Waals surface area contributed by atoms with Crippen LogP contribution in [0.1, 0.15) is 206 Å². The fraction of sp³-hybridized carbons (Fsp3) is 0.919. The summed E-state index contributed by atoms with van der Waals surface area (Å²) < 4.78 is 5.22. The molecule has 0 aliphatic carbocycles. The second-order valence-electron chi connectivity index (χ2n) is 12.7. The molecule has 0 spiro atoms. The summed E-state index contributed by atoms with van der Waals surface area (Å²) in [6.07, 6.45) is 46.0. The van der Waals surface area contributed by atoms with Crippen molar-refractivity contribution in [3.8, 4) is 0 Å². The number of rotatable bonds is 31. The molecule has 0 N–H and O–H groups in total. The van der Waals surface area contributed by atoms with E-state index in [0.29, 0.717) is 0 Å². The van der Waals surface area contributed by atoms with Crippen LogP contribution >= 0.6 is 0 Å². The first-order chi connectivity index (χ1) is 19.3. The van der Waals surface area contributed by atoms with Crippen LogP contribution < -0.4 is 4.57 Å². The van der Waals surface area contributed by atoms with E-state index in [1.807, 2.05) is 0 Å². The fourth-order valence-corrected chi connectivity index (χ4v) is 6.15. The Hall–Kier alpha value is -0.790. The molecule has 1 rings (SSSR count). The van der Waals surface area contributed by atoms with Crippen LogP contribution in [0.25, 0.3) is 0 Å². The van der Waals surface area contributed by atoms with Crippen LogP contribution in [0.2, 0.25) is 0 Å². The lowest BCUT2D eigenvalue weighted by Gasteiger charge is -2.07. The standard InChI is InChI=1S/C37H73N2/c1-4-7-10-13-15-17-18-19-20-21-22-23-24-26-28-31-34-39-36-35-38(33-30-12-9-6-3)37(39)32-29-27-25-16-14-11-8-5-2/h35-36H,4-34H2,1-3H3/q+1. The maximum Gasteiger partial charge on any atom is 0.256 e. The van der Waals surface area contributed by atoms with Crippen molar-refractivity contribution in [1.82, 2.24) is 4.57 Å². The Kier molecular flexibility index (Phi) is 26.7. The van der Waals surface area contributed by atoms with Gasteiger partial charge in [0.15, 0.2) is 0 Å². The number of hydrogen-bond acceptors (Lipinski definition) is 0. The highest BCUT2D eigenvalue weighted by atomic mass is 15.1. The quantitative estimate of drug-likeness (QED) is 0.0648. The molecule has 1 heterocycles. The lowest BCUT2D eigenvalue weighted by molar-refractivity contribution is -0.704. The van der Waals surface area contributed by atoms with Crippen molar-refractivity contribution in [3.63, 3.8) is 0 Å². The van der Waals surface area contributed by atoms with Crippen molar-refractivity contribution in [2.75, 3.05) is 0 Å². The number of hydrogen-bond donors (Lipinski definition) is 0. The van der Waals surface area contributed by atoms with E-state index in [-0.39, 0.29) is 0 Å². The van der Waals surface area contributed by atoms with E-state index >= 15 is 0 Å². The third-order valence-electron chi connectivity index (χ3n) is 8.85. The van der Waals surface area contributed by atoms with Crippen molar-refractivity contribution in [2.45, 2.75) is 220 Å². The predicted molar refractivity (Wildman–Crippen MR) is 175 cm³/mol. The zero-order valence-electron chi connectivity index (χ0n) is 27.5. The van der Waals surface area contributed by atoms with Crippen molar-refractivity contribution < 1.29 is 4.57 Å². The monoisotopic (exact) mass is 546 g/mol. The Labute approximate surface area is 247 Å². The topological polar surface area (TPSA) is 8.81 Å². The van der Waals surface area contributed by atoms with Gasteiger partial charge >= 0.3 is 0 Å². The van der Waals surface area contributed by atoms with Gasteiger partial charge in [0.2, 0.25) is 0 Å². The lowest BCUT2D eigenvalue weighted by atomic mass is 10.0. The molecule has 39 heavy (non-hydrogen) atoms. The maximum atomic E-state index is 2.62. The summed E-state index contributed by atoms with van der Waals surface area (Å²) in [5.41, 5.74) is 0. The van der Waals surface area contributed by atoms with Gasteiger partial charge < -0.3 is 0 Å². The first kappa shape index (κ1) is 36.2. The van der Waals surface area contributed by atoms with E-state index in [1.54, 1.807) is 5.82 Å². The third kappa shape index (κ3) is 21.6. The third-order valence-corrected chi connectivity index (χ3v) is 8.85. The zero-order chi connectivity index (χ0) is 28.1. The average molecular weight is 546 g/mol. The van der Waals surface area contributed by atoms with Crippen molar-refractivity contribution in [1.29, 1.82) is 0 Å². The molecule has 2 nitrogen and oxygen atoms in total. The first-order valence-electron chi connectivity index (χ1n) is 18.4. The molecule has 0 radical (unpaired) electrons. The summed E-state index contributed by atoms with van der Waals surface area (Å²) in [7, 11) is 0. The van der Waals surface area contributed by atoms with Crippen LogP contribution in [0, 0.1) is 0 Å². The van der Waals surface area contributed by atoms with Crippen LogP contribution in [-0.2, 0) is 19.5 Å². The predicted octanol–water partition coefficient (Wildman–Crippen LogP) is 12.3. The van der Waals surface area contributed by atoms with Gasteiger partial charge in [-0.05, 0) is 32.1 Å². The van der Waals surface area contributed by atoms with Crippen molar-refractivity contribution >= 4 is 0 Å². The van der Waals surface area contributed by atoms with Crippen LogP contribution in [-0.4, -0.2) is 4.57 Å². The van der Waals surface area contributed by atoms with Gasteiger partial charge in [0.05, 0.1) is 13.1 Å². The SMILES string of the molecule is CCCCCCCCCCCCCCCCCC[n+]1ccn(CCCCCC)c1CCCCCCCCCC. The van der Waals surface area contributed by atoms with E-state index in [2.05, 4.69) is 42.3 Å². The minimum absolute atomic E-state index is 1.22. The van der Waals surface area contributed by atoms with Gasteiger partial charge in [-0.1, -0.05) is 168 Å². The van der Waals surface area contributed by atoms with Crippen molar-refractivity contribution in [2.24, 2.45) is 0 Å². The van der Waals surface area contributed by atoms with Gasteiger partial charge in [-0.25, -0.2) is 9.13 Å². The lowest BCUT2D eigenvalue weighted by Crippen LogP contribution is -2.37. The molecule has 230 valence electrons. The minimum atomic E-state index is 1.22. The number of nitrogens with zero attached hydrogens (tertiary/aromatic N) is 2. The van der Waals surface area contributed by atoms with Crippen LogP contribution in [0.3, 0.4) is 0 Å². The Balaban J connectivity index is 2.15. The molecule has 0 saturated heterocycles. The van der Waals surface area contributed by atoms with Crippen LogP contribution in [0.15, 0.2) is 12.4 Å². The zero-order valence-corrected chi connectivity index (χ0v) is 27.5. The number of aromatic nitrogens is 2. The molecule has 0 atom stereocenters. The fourth-order valence-electron chi connectivity index (χ4n) is 6.15. The molecule has 0 saturated carbocycles. The summed E-state index contributed by atoms with van der Waals surface area (Å²) in [6.45, 7) is 9.38. The normalized spacial score (nSPS) is 11.6. The van der Waals surface area contributed by atoms with E-state index < -0.39 is 0 Å². The Morgan fingerprint density at radius 1 is 0.436 bits per heavy atom. The van der Waals surface area contributed by atoms with Gasteiger partial charge in [0.25, 0.3) is 5.82 Å². The molecule has 2 heteroatoms. The summed E-state index contributed by atoms with van der Waals surface area (Å²) >= 11 is 0. The second kappa shape index (κ2) is 28.7. The van der Waals surface area contributed by atoms with Gasteiger partial charge in [0, 0.05) is 6.42 Å². The molecule has 0 aromatic carbocycles. The number of imidazole rings is 1. The van der Waals surface area contributed by atoms with Gasteiger partial charge in [0.1, 0.15) is 12.4 Å². The molecular weight excluding hydrogens is 472 g/mol. The van der Waals surface area contributed by atoms with Crippen LogP contribution in [0.5, 0.6) is 0 Å². The molecule has 0 aliphatic rings. The first-order valence-corrected chi connectivity index (χ1v) is 18.4. The van der Waals surface area contributed by atoms with Gasteiger partial charge in [-0.2, -0.15) is 0 Å². The highest BCUT2D eigenvalue weighted by molar-refractivity contribution is 4.84. The summed E-state index contributed by atoms with van der Waals surface area (Å²) in [6, 6.07) is 0. The molecule has 0 unspecified atom stereocenters. The minimum Gasteiger partial charge on any atom is -0.234 e. The highest BCUT2D eigenvalue weighted by Gasteiger charge is 2.16. The molecule has 0 amide bonds. The van der Waals surface area contributed by atoms with E-state index in [1.165, 1.54) is 199 Å². The van der Waals surface area contributed by atoms with E-state index in [9.17, 15) is 0 Å². The molecule has 0 fully saturated rings. The van der Waals surface area contributed by atoms with Gasteiger partial charge in [-0.3, -0.25) is 0 Å². The molecular formula is C37H73N2+. The van der Waals surface area contributed by atoms with Crippen molar-refractivity contribution in [3.05, 3.63) is 18.2 Å².